The van der Waals surface area contributed by atoms with Crippen LogP contribution in [0, 0.1) is 0 Å². The summed E-state index contributed by atoms with van der Waals surface area (Å²) in [5, 5.41) is 2.72. The molecule has 0 heterocycles. The van der Waals surface area contributed by atoms with Crippen LogP contribution in [0.3, 0.4) is 0 Å². The Bertz CT molecular complexity index is 568. The fourth-order valence-corrected chi connectivity index (χ4v) is 3.00. The first-order valence-corrected chi connectivity index (χ1v) is 8.31. The van der Waals surface area contributed by atoms with Crippen LogP contribution >= 0.6 is 0 Å². The summed E-state index contributed by atoms with van der Waals surface area (Å²) in [6.07, 6.45) is 0.706. The minimum Gasteiger partial charge on any atom is -0.352 e. The van der Waals surface area contributed by atoms with E-state index in [1.807, 2.05) is 0 Å². The van der Waals surface area contributed by atoms with Crippen molar-refractivity contribution in [2.45, 2.75) is 31.2 Å². The second kappa shape index (κ2) is 7.53. The van der Waals surface area contributed by atoms with Crippen LogP contribution in [0.15, 0.2) is 29.2 Å². The van der Waals surface area contributed by atoms with E-state index in [1.165, 1.54) is 35.6 Å². The number of nitrogens with two attached hydrogens (primary N) is 1. The van der Waals surface area contributed by atoms with E-state index < -0.39 is 10.0 Å². The molecule has 1 amide bonds. The molecule has 0 fully saturated rings. The molecule has 7 heteroatoms. The molecule has 1 aromatic rings. The fourth-order valence-electron chi connectivity index (χ4n) is 1.63. The molecule has 0 aromatic heterocycles. The number of sulfonamides is 1. The first kappa shape index (κ1) is 17.6. The Morgan fingerprint density at radius 3 is 2.33 bits per heavy atom. The highest BCUT2D eigenvalue weighted by molar-refractivity contribution is 7.89. The highest BCUT2D eigenvalue weighted by Gasteiger charge is 2.23. The van der Waals surface area contributed by atoms with Crippen molar-refractivity contribution in [1.29, 1.82) is 0 Å². The van der Waals surface area contributed by atoms with Crippen molar-refractivity contribution in [2.75, 3.05) is 20.1 Å². The van der Waals surface area contributed by atoms with Gasteiger partial charge in [-0.05, 0) is 51.1 Å². The van der Waals surface area contributed by atoms with Gasteiger partial charge in [-0.1, -0.05) is 0 Å². The molecule has 1 rings (SSSR count). The van der Waals surface area contributed by atoms with Gasteiger partial charge in [0.15, 0.2) is 0 Å². The van der Waals surface area contributed by atoms with Gasteiger partial charge in [-0.25, -0.2) is 8.42 Å². The van der Waals surface area contributed by atoms with Crippen molar-refractivity contribution in [1.82, 2.24) is 9.62 Å². The van der Waals surface area contributed by atoms with Gasteiger partial charge in [0, 0.05) is 25.2 Å². The van der Waals surface area contributed by atoms with Crippen LogP contribution < -0.4 is 11.1 Å². The number of nitrogens with zero attached hydrogens (tertiary/aromatic N) is 1. The third-order valence-electron chi connectivity index (χ3n) is 3.19. The molecule has 21 heavy (non-hydrogen) atoms. The monoisotopic (exact) mass is 313 g/mol. The molecular formula is C14H23N3O3S. The Balaban J connectivity index is 2.85. The Kier molecular flexibility index (Phi) is 6.32. The zero-order valence-electron chi connectivity index (χ0n) is 12.7. The summed E-state index contributed by atoms with van der Waals surface area (Å²) < 4.78 is 25.8. The summed E-state index contributed by atoms with van der Waals surface area (Å²) in [6.45, 7) is 4.62. The van der Waals surface area contributed by atoms with Gasteiger partial charge in [0.1, 0.15) is 0 Å². The van der Waals surface area contributed by atoms with Gasteiger partial charge in [0.25, 0.3) is 5.91 Å². The molecule has 0 spiro atoms. The van der Waals surface area contributed by atoms with Crippen molar-refractivity contribution in [3.8, 4) is 0 Å². The number of carbonyl (C=O) groups excluding carboxylic acids is 1. The lowest BCUT2D eigenvalue weighted by Gasteiger charge is -2.21. The summed E-state index contributed by atoms with van der Waals surface area (Å²) in [5.41, 5.74) is 5.78. The molecule has 0 atom stereocenters. The summed E-state index contributed by atoms with van der Waals surface area (Å²) >= 11 is 0. The van der Waals surface area contributed by atoms with Crippen molar-refractivity contribution in [2.24, 2.45) is 5.73 Å². The maximum absolute atomic E-state index is 12.3. The van der Waals surface area contributed by atoms with Gasteiger partial charge in [-0.15, -0.1) is 0 Å². The largest absolute Gasteiger partial charge is 0.352 e. The molecule has 0 aliphatic heterocycles. The van der Waals surface area contributed by atoms with Crippen LogP contribution in [0.5, 0.6) is 0 Å². The lowest BCUT2D eigenvalue weighted by atomic mass is 10.2. The number of hydrogen-bond acceptors (Lipinski definition) is 4. The average molecular weight is 313 g/mol. The van der Waals surface area contributed by atoms with Crippen molar-refractivity contribution in [3.05, 3.63) is 29.8 Å². The molecule has 118 valence electrons. The third kappa shape index (κ3) is 4.52. The second-order valence-corrected chi connectivity index (χ2v) is 7.04. The van der Waals surface area contributed by atoms with E-state index in [0.29, 0.717) is 25.1 Å². The van der Waals surface area contributed by atoms with Crippen molar-refractivity contribution < 1.29 is 13.2 Å². The molecule has 3 N–H and O–H groups in total. The van der Waals surface area contributed by atoms with Crippen molar-refractivity contribution in [3.63, 3.8) is 0 Å². The predicted octanol–water partition coefficient (Wildman–Crippen LogP) is 0.794. The molecule has 0 saturated heterocycles. The highest BCUT2D eigenvalue weighted by Crippen LogP contribution is 2.17. The Hall–Kier alpha value is -1.44. The Morgan fingerprint density at radius 1 is 1.29 bits per heavy atom. The van der Waals surface area contributed by atoms with E-state index in [9.17, 15) is 13.2 Å². The highest BCUT2D eigenvalue weighted by atomic mass is 32.2. The van der Waals surface area contributed by atoms with E-state index in [1.54, 1.807) is 13.8 Å². The number of rotatable bonds is 7. The van der Waals surface area contributed by atoms with E-state index >= 15 is 0 Å². The van der Waals surface area contributed by atoms with Gasteiger partial charge in [-0.3, -0.25) is 4.79 Å². The Labute approximate surface area is 126 Å². The zero-order chi connectivity index (χ0) is 16.0. The molecule has 0 aliphatic carbocycles. The van der Waals surface area contributed by atoms with E-state index in [-0.39, 0.29) is 16.8 Å². The normalized spacial score (nSPS) is 11.9. The minimum atomic E-state index is -3.52. The van der Waals surface area contributed by atoms with E-state index in [2.05, 4.69) is 5.32 Å². The summed E-state index contributed by atoms with van der Waals surface area (Å²) in [4.78, 5) is 12.0. The maximum atomic E-state index is 12.3. The topological polar surface area (TPSA) is 92.5 Å². The average Bonchev–Trinajstić information content (AvgIpc) is 2.46. The first-order chi connectivity index (χ1) is 9.80. The second-order valence-electron chi connectivity index (χ2n) is 5.04. The van der Waals surface area contributed by atoms with Crippen LogP contribution in [0.4, 0.5) is 0 Å². The van der Waals surface area contributed by atoms with Crippen LogP contribution in [-0.4, -0.2) is 44.8 Å². The van der Waals surface area contributed by atoms with Gasteiger partial charge < -0.3 is 11.1 Å². The first-order valence-electron chi connectivity index (χ1n) is 6.87. The van der Waals surface area contributed by atoms with Gasteiger partial charge in [0.2, 0.25) is 10.0 Å². The van der Waals surface area contributed by atoms with Gasteiger partial charge in [0.05, 0.1) is 4.90 Å². The van der Waals surface area contributed by atoms with E-state index in [0.717, 1.165) is 0 Å². The summed E-state index contributed by atoms with van der Waals surface area (Å²) in [7, 11) is -1.98. The van der Waals surface area contributed by atoms with Crippen LogP contribution in [-0.2, 0) is 10.0 Å². The lowest BCUT2D eigenvalue weighted by Crippen LogP contribution is -2.33. The lowest BCUT2D eigenvalue weighted by molar-refractivity contribution is 0.0953. The number of nitrogens with one attached hydrogen (secondary N) is 1. The number of carbonyl (C=O) groups is 1. The molecule has 0 unspecified atom stereocenters. The van der Waals surface area contributed by atoms with E-state index in [4.69, 9.17) is 5.73 Å². The zero-order valence-corrected chi connectivity index (χ0v) is 13.5. The molecule has 0 saturated carbocycles. The molecule has 6 nitrogen and oxygen atoms in total. The number of hydrogen-bond donors (Lipinski definition) is 2. The fraction of sp³-hybridized carbons (Fsp3) is 0.500. The van der Waals surface area contributed by atoms with Crippen molar-refractivity contribution >= 4 is 15.9 Å². The van der Waals surface area contributed by atoms with Gasteiger partial charge in [-0.2, -0.15) is 4.31 Å². The van der Waals surface area contributed by atoms with Gasteiger partial charge >= 0.3 is 0 Å². The van der Waals surface area contributed by atoms with Crippen LogP contribution in [0.25, 0.3) is 0 Å². The molecule has 0 radical (unpaired) electrons. The molecule has 0 bridgehead atoms. The SMILES string of the molecule is CC(C)N(C)S(=O)(=O)c1ccc(C(=O)NCCCN)cc1. The smallest absolute Gasteiger partial charge is 0.251 e. The molecule has 1 aromatic carbocycles. The minimum absolute atomic E-state index is 0.130. The third-order valence-corrected chi connectivity index (χ3v) is 5.23. The number of benzene rings is 1. The maximum Gasteiger partial charge on any atom is 0.251 e. The molecular weight excluding hydrogens is 290 g/mol. The van der Waals surface area contributed by atoms with Crippen LogP contribution in [0.2, 0.25) is 0 Å². The van der Waals surface area contributed by atoms with Crippen LogP contribution in [0.1, 0.15) is 30.6 Å². The Morgan fingerprint density at radius 2 is 1.86 bits per heavy atom. The predicted molar refractivity (Wildman–Crippen MR) is 82.5 cm³/mol. The summed E-state index contributed by atoms with van der Waals surface area (Å²) in [5.74, 6) is -0.232. The summed E-state index contributed by atoms with van der Waals surface area (Å²) in [6, 6.07) is 5.80. The quantitative estimate of drug-likeness (QED) is 0.728. The molecule has 0 aliphatic rings. The standard InChI is InChI=1S/C14H23N3O3S/c1-11(2)17(3)21(19,20)13-7-5-12(6-8-13)14(18)16-10-4-9-15/h5-8,11H,4,9-10,15H2,1-3H3,(H,16,18). The number of amides is 1.